The fraction of sp³-hybridized carbons (Fsp3) is 0.120. The van der Waals surface area contributed by atoms with Gasteiger partial charge in [0.2, 0.25) is 0 Å². The van der Waals surface area contributed by atoms with E-state index in [1.807, 2.05) is 0 Å². The summed E-state index contributed by atoms with van der Waals surface area (Å²) in [6, 6.07) is 15.3. The van der Waals surface area contributed by atoms with Crippen LogP contribution in [0.1, 0.15) is 12.5 Å². The van der Waals surface area contributed by atoms with Crippen molar-refractivity contribution in [3.8, 4) is 33.8 Å². The van der Waals surface area contributed by atoms with Crippen molar-refractivity contribution in [1.29, 1.82) is 0 Å². The van der Waals surface area contributed by atoms with Gasteiger partial charge in [-0.3, -0.25) is 0 Å². The molecule has 4 rings (SSSR count). The Hall–Kier alpha value is -4.28. The number of alkyl halides is 6. The summed E-state index contributed by atoms with van der Waals surface area (Å²) in [7, 11) is 0. The van der Waals surface area contributed by atoms with Gasteiger partial charge < -0.3 is 14.2 Å². The van der Waals surface area contributed by atoms with Crippen LogP contribution in [-0.2, 0) is 9.53 Å². The van der Waals surface area contributed by atoms with Crippen LogP contribution in [0.4, 0.5) is 26.3 Å². The smallest absolute Gasteiger partial charge is 0.407 e. The maximum atomic E-state index is 12.5. The Bertz CT molecular complexity index is 1340. The number of hydrogen-bond acceptors (Lipinski definition) is 5. The monoisotopic (exact) mass is 507 g/mol. The molecule has 0 spiro atoms. The largest absolute Gasteiger partial charge is 0.573 e. The summed E-state index contributed by atoms with van der Waals surface area (Å²) < 4.78 is 87.5. The van der Waals surface area contributed by atoms with Crippen LogP contribution in [0.15, 0.2) is 77.4 Å². The molecular weight excluding hydrogens is 492 g/mol. The molecule has 0 radical (unpaired) electrons. The molecule has 0 unspecified atom stereocenters. The molecule has 1 aliphatic rings. The number of benzene rings is 3. The van der Waals surface area contributed by atoms with Gasteiger partial charge in [0.15, 0.2) is 11.6 Å². The minimum Gasteiger partial charge on any atom is -0.407 e. The number of nitrogens with zero attached hydrogens (tertiary/aromatic N) is 1. The number of aliphatic imine (C=N–C) groups is 1. The van der Waals surface area contributed by atoms with Gasteiger partial charge in [0.1, 0.15) is 11.5 Å². The number of ether oxygens (including phenoxy) is 3. The van der Waals surface area contributed by atoms with Gasteiger partial charge in [-0.25, -0.2) is 9.79 Å². The molecule has 36 heavy (non-hydrogen) atoms. The Morgan fingerprint density at radius 1 is 0.750 bits per heavy atom. The minimum absolute atomic E-state index is 0.0110. The summed E-state index contributed by atoms with van der Waals surface area (Å²) >= 11 is 0. The van der Waals surface area contributed by atoms with Crippen LogP contribution in [0.3, 0.4) is 0 Å². The van der Waals surface area contributed by atoms with E-state index in [1.54, 1.807) is 18.2 Å². The number of cyclic esters (lactones) is 1. The van der Waals surface area contributed by atoms with Crippen LogP contribution < -0.4 is 9.47 Å². The second kappa shape index (κ2) is 9.40. The zero-order valence-electron chi connectivity index (χ0n) is 18.3. The molecule has 0 aromatic heterocycles. The third kappa shape index (κ3) is 6.23. The summed E-state index contributed by atoms with van der Waals surface area (Å²) in [6.07, 6.45) is -8.20. The fourth-order valence-electron chi connectivity index (χ4n) is 3.47. The van der Waals surface area contributed by atoms with E-state index in [9.17, 15) is 31.1 Å². The average Bonchev–Trinajstić information content (AvgIpc) is 3.09. The minimum atomic E-state index is -4.84. The van der Waals surface area contributed by atoms with Crippen LogP contribution >= 0.6 is 0 Å². The fourth-order valence-corrected chi connectivity index (χ4v) is 3.47. The summed E-state index contributed by atoms with van der Waals surface area (Å²) in [5.41, 5.74) is 2.69. The van der Waals surface area contributed by atoms with Crippen molar-refractivity contribution in [3.05, 3.63) is 78.0 Å². The van der Waals surface area contributed by atoms with Crippen molar-refractivity contribution in [2.24, 2.45) is 4.99 Å². The molecule has 0 N–H and O–H groups in total. The highest BCUT2D eigenvalue weighted by Crippen LogP contribution is 2.34. The molecule has 0 saturated heterocycles. The highest BCUT2D eigenvalue weighted by Gasteiger charge is 2.31. The number of rotatable bonds is 5. The predicted molar refractivity (Wildman–Crippen MR) is 118 cm³/mol. The SMILES string of the molecule is CC1=N/C(=C\c2cc(-c3ccc(OC(F)(F)F)cc3)ccc2-c2ccc(OC(F)(F)F)cc2)C(=O)O1. The molecule has 0 atom stereocenters. The van der Waals surface area contributed by atoms with Crippen molar-refractivity contribution in [3.63, 3.8) is 0 Å². The Kier molecular flexibility index (Phi) is 6.49. The Labute approximate surface area is 200 Å². The van der Waals surface area contributed by atoms with E-state index in [1.165, 1.54) is 37.3 Å². The molecule has 1 aliphatic heterocycles. The first kappa shape index (κ1) is 24.8. The molecule has 11 heteroatoms. The summed E-state index contributed by atoms with van der Waals surface area (Å²) in [6.45, 7) is 1.50. The quantitative estimate of drug-likeness (QED) is 0.209. The van der Waals surface area contributed by atoms with Gasteiger partial charge in [-0.15, -0.1) is 26.3 Å². The van der Waals surface area contributed by atoms with Gasteiger partial charge in [-0.05, 0) is 64.2 Å². The zero-order valence-corrected chi connectivity index (χ0v) is 18.3. The molecule has 5 nitrogen and oxygen atoms in total. The molecule has 1 heterocycles. The molecular formula is C25H15F6NO4. The second-order valence-electron chi connectivity index (χ2n) is 7.50. The molecule has 0 aliphatic carbocycles. The van der Waals surface area contributed by atoms with Crippen LogP contribution in [0, 0.1) is 0 Å². The van der Waals surface area contributed by atoms with Crippen molar-refractivity contribution < 1.29 is 45.3 Å². The van der Waals surface area contributed by atoms with Crippen molar-refractivity contribution in [2.45, 2.75) is 19.6 Å². The summed E-state index contributed by atoms with van der Waals surface area (Å²) in [4.78, 5) is 16.1. The highest BCUT2D eigenvalue weighted by atomic mass is 19.4. The standard InChI is InChI=1S/C25H15F6NO4/c1-14-32-22(23(33)34-14)13-18-12-17(15-2-7-19(8-3-15)35-24(26,27)28)6-11-21(18)16-4-9-20(10-5-16)36-25(29,30)31/h2-13H,1H3/b22-13-. The van der Waals surface area contributed by atoms with Crippen LogP contribution in [-0.4, -0.2) is 24.6 Å². The normalized spacial score (nSPS) is 15.0. The van der Waals surface area contributed by atoms with Gasteiger partial charge in [-0.1, -0.05) is 36.4 Å². The third-order valence-electron chi connectivity index (χ3n) is 4.89. The topological polar surface area (TPSA) is 57.1 Å². The van der Waals surface area contributed by atoms with Crippen molar-refractivity contribution in [2.75, 3.05) is 0 Å². The average molecular weight is 507 g/mol. The number of hydrogen-bond donors (Lipinski definition) is 0. The number of carbonyl (C=O) groups is 1. The van der Waals surface area contributed by atoms with E-state index in [4.69, 9.17) is 4.74 Å². The molecule has 3 aromatic carbocycles. The van der Waals surface area contributed by atoms with E-state index >= 15 is 0 Å². The zero-order chi connectivity index (χ0) is 26.1. The van der Waals surface area contributed by atoms with Gasteiger partial charge in [-0.2, -0.15) is 0 Å². The number of carbonyl (C=O) groups excluding carboxylic acids is 1. The van der Waals surface area contributed by atoms with E-state index in [0.29, 0.717) is 27.8 Å². The lowest BCUT2D eigenvalue weighted by Crippen LogP contribution is -2.17. The van der Waals surface area contributed by atoms with Crippen LogP contribution in [0.2, 0.25) is 0 Å². The second-order valence-corrected chi connectivity index (χ2v) is 7.50. The lowest BCUT2D eigenvalue weighted by molar-refractivity contribution is -0.275. The lowest BCUT2D eigenvalue weighted by atomic mass is 9.94. The Balaban J connectivity index is 1.73. The van der Waals surface area contributed by atoms with Gasteiger partial charge >= 0.3 is 18.7 Å². The van der Waals surface area contributed by atoms with E-state index in [0.717, 1.165) is 24.3 Å². The lowest BCUT2D eigenvalue weighted by Gasteiger charge is -2.13. The van der Waals surface area contributed by atoms with E-state index in [-0.39, 0.29) is 17.3 Å². The molecule has 0 bridgehead atoms. The van der Waals surface area contributed by atoms with E-state index < -0.39 is 24.4 Å². The molecule has 0 fully saturated rings. The Morgan fingerprint density at radius 2 is 1.25 bits per heavy atom. The van der Waals surface area contributed by atoms with Crippen LogP contribution in [0.5, 0.6) is 11.5 Å². The van der Waals surface area contributed by atoms with E-state index in [2.05, 4.69) is 14.5 Å². The Morgan fingerprint density at radius 3 is 1.72 bits per heavy atom. The van der Waals surface area contributed by atoms with Crippen LogP contribution in [0.25, 0.3) is 28.3 Å². The maximum absolute atomic E-state index is 12.5. The third-order valence-corrected chi connectivity index (χ3v) is 4.89. The summed E-state index contributed by atoms with van der Waals surface area (Å²) in [5, 5.41) is 0. The molecule has 3 aromatic rings. The first-order valence-corrected chi connectivity index (χ1v) is 10.2. The van der Waals surface area contributed by atoms with Crippen molar-refractivity contribution >= 4 is 17.9 Å². The molecule has 0 saturated carbocycles. The summed E-state index contributed by atoms with van der Waals surface area (Å²) in [5.74, 6) is -1.31. The van der Waals surface area contributed by atoms with Crippen molar-refractivity contribution in [1.82, 2.24) is 0 Å². The molecule has 0 amide bonds. The number of esters is 1. The molecule has 186 valence electrons. The van der Waals surface area contributed by atoms with Gasteiger partial charge in [0.05, 0.1) is 0 Å². The first-order valence-electron chi connectivity index (χ1n) is 10.2. The highest BCUT2D eigenvalue weighted by molar-refractivity contribution is 6.07. The maximum Gasteiger partial charge on any atom is 0.573 e. The predicted octanol–water partition coefficient (Wildman–Crippen LogP) is 7.13. The van der Waals surface area contributed by atoms with Gasteiger partial charge in [0, 0.05) is 6.92 Å². The van der Waals surface area contributed by atoms with Gasteiger partial charge in [0.25, 0.3) is 0 Å². The number of halogens is 6. The first-order chi connectivity index (χ1) is 16.9.